The fourth-order valence-corrected chi connectivity index (χ4v) is 9.80. The van der Waals surface area contributed by atoms with Crippen molar-refractivity contribution in [1.29, 1.82) is 0 Å². The minimum Gasteiger partial charge on any atom is -0.309 e. The van der Waals surface area contributed by atoms with Crippen molar-refractivity contribution in [2.75, 3.05) is 4.90 Å². The molecule has 11 rings (SSSR count). The Labute approximate surface area is 342 Å². The Bertz CT molecular complexity index is 3250. The Morgan fingerprint density at radius 2 is 0.810 bits per heavy atom. The zero-order chi connectivity index (χ0) is 38.4. The van der Waals surface area contributed by atoms with Crippen LogP contribution in [-0.2, 0) is 0 Å². The van der Waals surface area contributed by atoms with E-state index in [0.29, 0.717) is 0 Å². The quantitative estimate of drug-likeness (QED) is 0.157. The lowest BCUT2D eigenvalue weighted by Crippen LogP contribution is -2.10. The first-order valence-corrected chi connectivity index (χ1v) is 20.6. The fourth-order valence-electron chi connectivity index (χ4n) is 8.60. The van der Waals surface area contributed by atoms with Crippen molar-refractivity contribution in [3.8, 4) is 44.5 Å². The molecule has 0 aliphatic carbocycles. The first kappa shape index (κ1) is 34.0. The van der Waals surface area contributed by atoms with Gasteiger partial charge >= 0.3 is 0 Å². The molecule has 0 unspecified atom stereocenters. The maximum Gasteiger partial charge on any atom is 0.0640 e. The molecular formula is C56H37NS. The Morgan fingerprint density at radius 3 is 1.50 bits per heavy atom. The lowest BCUT2D eigenvalue weighted by atomic mass is 9.91. The average Bonchev–Trinajstić information content (AvgIpc) is 3.69. The largest absolute Gasteiger partial charge is 0.309 e. The van der Waals surface area contributed by atoms with Gasteiger partial charge in [-0.05, 0) is 121 Å². The van der Waals surface area contributed by atoms with Gasteiger partial charge in [-0.3, -0.25) is 0 Å². The van der Waals surface area contributed by atoms with E-state index >= 15 is 0 Å². The van der Waals surface area contributed by atoms with E-state index in [1.165, 1.54) is 91.9 Å². The van der Waals surface area contributed by atoms with Gasteiger partial charge in [0.1, 0.15) is 0 Å². The number of thiophene rings is 1. The van der Waals surface area contributed by atoms with Crippen LogP contribution in [0.15, 0.2) is 224 Å². The lowest BCUT2D eigenvalue weighted by molar-refractivity contribution is 1.30. The van der Waals surface area contributed by atoms with Crippen LogP contribution in [0.3, 0.4) is 0 Å². The molecule has 0 saturated heterocycles. The van der Waals surface area contributed by atoms with Gasteiger partial charge < -0.3 is 4.90 Å². The van der Waals surface area contributed by atoms with E-state index in [2.05, 4.69) is 229 Å². The molecule has 0 spiro atoms. The molecule has 0 fully saturated rings. The molecular weight excluding hydrogens is 719 g/mol. The molecule has 1 heterocycles. The number of benzene rings is 10. The van der Waals surface area contributed by atoms with Gasteiger partial charge in [0.05, 0.1) is 10.4 Å². The normalized spacial score (nSPS) is 11.4. The molecule has 10 aromatic carbocycles. The molecule has 1 aromatic heterocycles. The number of hydrogen-bond acceptors (Lipinski definition) is 2. The Balaban J connectivity index is 1.02. The van der Waals surface area contributed by atoms with Crippen molar-refractivity contribution in [1.82, 2.24) is 0 Å². The van der Waals surface area contributed by atoms with Crippen LogP contribution < -0.4 is 4.90 Å². The summed E-state index contributed by atoms with van der Waals surface area (Å²) in [5.74, 6) is 0. The van der Waals surface area contributed by atoms with Gasteiger partial charge in [-0.15, -0.1) is 11.3 Å². The van der Waals surface area contributed by atoms with E-state index in [4.69, 9.17) is 0 Å². The van der Waals surface area contributed by atoms with Crippen LogP contribution in [0.1, 0.15) is 0 Å². The minimum atomic E-state index is 1.11. The number of anilines is 3. The van der Waals surface area contributed by atoms with Crippen LogP contribution in [0.5, 0.6) is 0 Å². The summed E-state index contributed by atoms with van der Waals surface area (Å²) in [6.07, 6.45) is 0. The summed E-state index contributed by atoms with van der Waals surface area (Å²) in [7, 11) is 0. The van der Waals surface area contributed by atoms with E-state index in [1.54, 1.807) is 0 Å². The summed E-state index contributed by atoms with van der Waals surface area (Å²) in [5, 5.41) is 7.57. The van der Waals surface area contributed by atoms with E-state index in [-0.39, 0.29) is 0 Å². The summed E-state index contributed by atoms with van der Waals surface area (Å²) in [5.41, 5.74) is 13.2. The molecule has 11 aromatic rings. The van der Waals surface area contributed by atoms with Gasteiger partial charge in [-0.1, -0.05) is 170 Å². The van der Waals surface area contributed by atoms with E-state index in [0.717, 1.165) is 11.4 Å². The predicted octanol–water partition coefficient (Wildman–Crippen LogP) is 16.5. The van der Waals surface area contributed by atoms with E-state index in [9.17, 15) is 0 Å². The highest BCUT2D eigenvalue weighted by molar-refractivity contribution is 7.26. The van der Waals surface area contributed by atoms with Crippen LogP contribution >= 0.6 is 11.3 Å². The van der Waals surface area contributed by atoms with Crippen LogP contribution in [0.4, 0.5) is 17.1 Å². The first-order chi connectivity index (χ1) is 28.7. The SMILES string of the molecule is c1ccc(-c2cc3ccccc3cc2-c2ccc(N(c3ccc(-c4ccc5c(-c6ccccc6)cccc5c4)cc3)c3cccc4c3sc3ccccc34)cc2)cc1. The maximum atomic E-state index is 2.43. The molecule has 0 saturated carbocycles. The predicted molar refractivity (Wildman–Crippen MR) is 251 cm³/mol. The third-order valence-corrected chi connectivity index (χ3v) is 12.7. The third-order valence-electron chi connectivity index (χ3n) is 11.5. The highest BCUT2D eigenvalue weighted by atomic mass is 32.1. The Hall–Kier alpha value is -7.26. The number of hydrogen-bond donors (Lipinski definition) is 0. The zero-order valence-electron chi connectivity index (χ0n) is 31.7. The standard InChI is InChI=1S/C56H37NS/c1-3-13-39(14-4-1)48-21-11-19-45-35-44(29-34-49(45)48)38-25-30-46(31-26-38)57(54-23-12-22-51-50-20-9-10-24-55(50)58-56(51)54)47-32-27-41(28-33-47)53-37-43-18-8-7-17-42(43)36-52(53)40-15-5-2-6-16-40/h1-37H. The average molecular weight is 756 g/mol. The molecule has 1 nitrogen and oxygen atoms in total. The third kappa shape index (κ3) is 6.03. The highest BCUT2D eigenvalue weighted by Gasteiger charge is 2.19. The summed E-state index contributed by atoms with van der Waals surface area (Å²) in [4.78, 5) is 2.43. The van der Waals surface area contributed by atoms with Gasteiger partial charge in [-0.25, -0.2) is 0 Å². The number of nitrogens with zero attached hydrogens (tertiary/aromatic N) is 1. The molecule has 0 amide bonds. The number of rotatable bonds is 7. The maximum absolute atomic E-state index is 2.43. The van der Waals surface area contributed by atoms with Crippen molar-refractivity contribution in [3.63, 3.8) is 0 Å². The van der Waals surface area contributed by atoms with Crippen molar-refractivity contribution in [2.24, 2.45) is 0 Å². The van der Waals surface area contributed by atoms with E-state index < -0.39 is 0 Å². The van der Waals surface area contributed by atoms with Crippen LogP contribution in [0.2, 0.25) is 0 Å². The van der Waals surface area contributed by atoms with Gasteiger partial charge in [-0.2, -0.15) is 0 Å². The highest BCUT2D eigenvalue weighted by Crippen LogP contribution is 2.46. The summed E-state index contributed by atoms with van der Waals surface area (Å²) in [6.45, 7) is 0. The number of fused-ring (bicyclic) bond motifs is 5. The molecule has 0 N–H and O–H groups in total. The lowest BCUT2D eigenvalue weighted by Gasteiger charge is -2.26. The fraction of sp³-hybridized carbons (Fsp3) is 0. The van der Waals surface area contributed by atoms with Crippen LogP contribution in [-0.4, -0.2) is 0 Å². The molecule has 272 valence electrons. The second kappa shape index (κ2) is 14.4. The minimum absolute atomic E-state index is 1.11. The van der Waals surface area contributed by atoms with Gasteiger partial charge in [0.25, 0.3) is 0 Å². The smallest absolute Gasteiger partial charge is 0.0640 e. The summed E-state index contributed by atoms with van der Waals surface area (Å²) < 4.78 is 2.58. The van der Waals surface area contributed by atoms with Gasteiger partial charge in [0.2, 0.25) is 0 Å². The first-order valence-electron chi connectivity index (χ1n) is 19.8. The van der Waals surface area contributed by atoms with Crippen molar-refractivity contribution in [2.45, 2.75) is 0 Å². The second-order valence-corrected chi connectivity index (χ2v) is 16.0. The van der Waals surface area contributed by atoms with Crippen LogP contribution in [0.25, 0.3) is 86.2 Å². The van der Waals surface area contributed by atoms with Gasteiger partial charge in [0, 0.05) is 26.8 Å². The molecule has 0 bridgehead atoms. The van der Waals surface area contributed by atoms with Gasteiger partial charge in [0.15, 0.2) is 0 Å². The second-order valence-electron chi connectivity index (χ2n) is 14.9. The summed E-state index contributed by atoms with van der Waals surface area (Å²) in [6, 6.07) is 81.9. The molecule has 0 radical (unpaired) electrons. The Morgan fingerprint density at radius 1 is 0.293 bits per heavy atom. The molecule has 0 aliphatic heterocycles. The van der Waals surface area contributed by atoms with Crippen molar-refractivity contribution in [3.05, 3.63) is 224 Å². The molecule has 2 heteroatoms. The monoisotopic (exact) mass is 755 g/mol. The summed E-state index contributed by atoms with van der Waals surface area (Å²) >= 11 is 1.87. The zero-order valence-corrected chi connectivity index (χ0v) is 32.5. The molecule has 0 atom stereocenters. The topological polar surface area (TPSA) is 3.24 Å². The van der Waals surface area contributed by atoms with Crippen LogP contribution in [0, 0.1) is 0 Å². The van der Waals surface area contributed by atoms with Crippen molar-refractivity contribution < 1.29 is 0 Å². The van der Waals surface area contributed by atoms with Crippen molar-refractivity contribution >= 4 is 70.1 Å². The van der Waals surface area contributed by atoms with E-state index in [1.807, 2.05) is 11.3 Å². The molecule has 58 heavy (non-hydrogen) atoms. The Kier molecular flexibility index (Phi) is 8.42. The molecule has 0 aliphatic rings.